The maximum atomic E-state index is 12.8. The first-order valence-electron chi connectivity index (χ1n) is 11.4. The number of carbonyl (C=O) groups excluding carboxylic acids is 1. The Morgan fingerprint density at radius 1 is 1.03 bits per heavy atom. The van der Waals surface area contributed by atoms with Crippen molar-refractivity contribution in [3.63, 3.8) is 0 Å². The summed E-state index contributed by atoms with van der Waals surface area (Å²) in [5.74, 6) is 2.78. The van der Waals surface area contributed by atoms with Gasteiger partial charge in [-0.25, -0.2) is 9.79 Å². The standard InChI is InChI=1S/C27H27N3O4/c1-19-17-29(15-16-30(19)27(31)33-18-20-9-4-3-5-10-20)26-21-11-8-14-24(32-2)25(21)34-23-13-7-6-12-22(23)28-26/h3-14,19H,15-18H2,1-2H3. The number of fused-ring (bicyclic) bond motifs is 2. The van der Waals surface area contributed by atoms with Gasteiger partial charge in [-0.3, -0.25) is 0 Å². The molecule has 34 heavy (non-hydrogen) atoms. The Morgan fingerprint density at radius 3 is 2.62 bits per heavy atom. The molecule has 1 fully saturated rings. The maximum Gasteiger partial charge on any atom is 0.410 e. The van der Waals surface area contributed by atoms with Crippen LogP contribution in [0.1, 0.15) is 18.1 Å². The molecule has 2 heterocycles. The highest BCUT2D eigenvalue weighted by atomic mass is 16.6. The molecule has 0 saturated carbocycles. The fourth-order valence-electron chi connectivity index (χ4n) is 4.34. The fraction of sp³-hybridized carbons (Fsp3) is 0.259. The average molecular weight is 458 g/mol. The molecule has 1 unspecified atom stereocenters. The number of ether oxygens (including phenoxy) is 3. The van der Waals surface area contributed by atoms with Crippen molar-refractivity contribution in [1.29, 1.82) is 0 Å². The van der Waals surface area contributed by atoms with Crippen molar-refractivity contribution in [1.82, 2.24) is 9.80 Å². The van der Waals surface area contributed by atoms with Gasteiger partial charge in [-0.2, -0.15) is 0 Å². The number of benzene rings is 3. The summed E-state index contributed by atoms with van der Waals surface area (Å²) >= 11 is 0. The number of nitrogens with zero attached hydrogens (tertiary/aromatic N) is 3. The monoisotopic (exact) mass is 457 g/mol. The Labute approximate surface area is 199 Å². The molecule has 7 nitrogen and oxygen atoms in total. The Bertz CT molecular complexity index is 1210. The highest BCUT2D eigenvalue weighted by molar-refractivity contribution is 6.04. The number of rotatable bonds is 3. The lowest BCUT2D eigenvalue weighted by Crippen LogP contribution is -2.55. The Hall–Kier alpha value is -4.00. The van der Waals surface area contributed by atoms with Crippen LogP contribution in [0.4, 0.5) is 10.5 Å². The number of para-hydroxylation sites is 3. The van der Waals surface area contributed by atoms with Crippen molar-refractivity contribution in [2.45, 2.75) is 19.6 Å². The van der Waals surface area contributed by atoms with Crippen molar-refractivity contribution in [2.24, 2.45) is 4.99 Å². The van der Waals surface area contributed by atoms with E-state index in [1.807, 2.05) is 79.7 Å². The zero-order valence-electron chi connectivity index (χ0n) is 19.3. The third-order valence-electron chi connectivity index (χ3n) is 6.11. The lowest BCUT2D eigenvalue weighted by Gasteiger charge is -2.40. The Morgan fingerprint density at radius 2 is 1.82 bits per heavy atom. The van der Waals surface area contributed by atoms with Gasteiger partial charge in [0.1, 0.15) is 18.1 Å². The molecule has 5 rings (SSSR count). The van der Waals surface area contributed by atoms with Gasteiger partial charge in [0, 0.05) is 25.7 Å². The van der Waals surface area contributed by atoms with E-state index in [1.54, 1.807) is 12.0 Å². The third-order valence-corrected chi connectivity index (χ3v) is 6.11. The molecule has 2 aliphatic heterocycles. The van der Waals surface area contributed by atoms with E-state index in [2.05, 4.69) is 4.90 Å². The number of carbonyl (C=O) groups is 1. The zero-order chi connectivity index (χ0) is 23.5. The molecule has 2 aliphatic rings. The lowest BCUT2D eigenvalue weighted by molar-refractivity contribution is 0.0624. The van der Waals surface area contributed by atoms with E-state index in [4.69, 9.17) is 19.2 Å². The first-order chi connectivity index (χ1) is 16.6. The fourth-order valence-corrected chi connectivity index (χ4v) is 4.34. The molecule has 1 amide bonds. The second-order valence-electron chi connectivity index (χ2n) is 8.37. The van der Waals surface area contributed by atoms with E-state index in [9.17, 15) is 4.79 Å². The summed E-state index contributed by atoms with van der Waals surface area (Å²) in [6.07, 6.45) is -0.297. The van der Waals surface area contributed by atoms with Gasteiger partial charge in [-0.15, -0.1) is 0 Å². The Balaban J connectivity index is 1.37. The number of piperazine rings is 1. The number of methoxy groups -OCH3 is 1. The summed E-state index contributed by atoms with van der Waals surface area (Å²) in [6.45, 7) is 4.08. The van der Waals surface area contributed by atoms with Crippen LogP contribution in [-0.2, 0) is 11.3 Å². The maximum absolute atomic E-state index is 12.8. The second-order valence-corrected chi connectivity index (χ2v) is 8.37. The lowest BCUT2D eigenvalue weighted by atomic mass is 10.1. The van der Waals surface area contributed by atoms with Crippen molar-refractivity contribution >= 4 is 17.6 Å². The van der Waals surface area contributed by atoms with Crippen LogP contribution in [0.5, 0.6) is 17.2 Å². The highest BCUT2D eigenvalue weighted by Crippen LogP contribution is 2.42. The second kappa shape index (κ2) is 9.47. The molecular formula is C27H27N3O4. The van der Waals surface area contributed by atoms with Gasteiger partial charge >= 0.3 is 6.09 Å². The van der Waals surface area contributed by atoms with Gasteiger partial charge in [-0.1, -0.05) is 48.5 Å². The van der Waals surface area contributed by atoms with Gasteiger partial charge < -0.3 is 24.0 Å². The molecule has 1 atom stereocenters. The molecular weight excluding hydrogens is 430 g/mol. The van der Waals surface area contributed by atoms with E-state index in [1.165, 1.54) is 0 Å². The van der Waals surface area contributed by atoms with E-state index >= 15 is 0 Å². The van der Waals surface area contributed by atoms with Gasteiger partial charge in [0.05, 0.1) is 12.7 Å². The molecule has 0 radical (unpaired) electrons. The number of hydrogen-bond donors (Lipinski definition) is 0. The van der Waals surface area contributed by atoms with E-state index in [0.717, 1.165) is 22.6 Å². The van der Waals surface area contributed by atoms with Crippen LogP contribution in [-0.4, -0.2) is 54.5 Å². The van der Waals surface area contributed by atoms with Crippen LogP contribution < -0.4 is 9.47 Å². The van der Waals surface area contributed by atoms with Crippen LogP contribution in [0.25, 0.3) is 0 Å². The zero-order valence-corrected chi connectivity index (χ0v) is 19.3. The summed E-state index contributed by atoms with van der Waals surface area (Å²) in [7, 11) is 1.63. The summed E-state index contributed by atoms with van der Waals surface area (Å²) < 4.78 is 17.4. The normalized spacial score (nSPS) is 17.0. The highest BCUT2D eigenvalue weighted by Gasteiger charge is 2.33. The van der Waals surface area contributed by atoms with E-state index in [-0.39, 0.29) is 18.7 Å². The summed E-state index contributed by atoms with van der Waals surface area (Å²) in [4.78, 5) is 21.8. The molecule has 0 bridgehead atoms. The van der Waals surface area contributed by atoms with E-state index in [0.29, 0.717) is 36.9 Å². The van der Waals surface area contributed by atoms with Crippen molar-refractivity contribution in [3.05, 3.63) is 83.9 Å². The predicted octanol–water partition coefficient (Wildman–Crippen LogP) is 5.22. The number of amides is 1. The first kappa shape index (κ1) is 21.8. The van der Waals surface area contributed by atoms with Gasteiger partial charge in [-0.05, 0) is 36.8 Å². The van der Waals surface area contributed by atoms with Gasteiger partial charge in [0.15, 0.2) is 17.2 Å². The molecule has 174 valence electrons. The summed E-state index contributed by atoms with van der Waals surface area (Å²) in [5, 5.41) is 0. The minimum absolute atomic E-state index is 0.0480. The largest absolute Gasteiger partial charge is 0.493 e. The van der Waals surface area contributed by atoms with Crippen LogP contribution in [0.2, 0.25) is 0 Å². The smallest absolute Gasteiger partial charge is 0.410 e. The summed E-state index contributed by atoms with van der Waals surface area (Å²) in [5.41, 5.74) is 2.59. The topological polar surface area (TPSA) is 63.6 Å². The molecule has 7 heteroatoms. The quantitative estimate of drug-likeness (QED) is 0.539. The number of aliphatic imine (C=N–C) groups is 1. The Kier molecular flexibility index (Phi) is 6.08. The van der Waals surface area contributed by atoms with Crippen molar-refractivity contribution in [2.75, 3.05) is 26.7 Å². The van der Waals surface area contributed by atoms with Crippen LogP contribution >= 0.6 is 0 Å². The minimum atomic E-state index is -0.297. The molecule has 3 aromatic carbocycles. The molecule has 0 N–H and O–H groups in total. The SMILES string of the molecule is COc1cccc2c1Oc1ccccc1N=C2N1CCN(C(=O)OCc2ccccc2)C(C)C1. The van der Waals surface area contributed by atoms with Crippen molar-refractivity contribution in [3.8, 4) is 17.2 Å². The molecule has 0 spiro atoms. The number of hydrogen-bond acceptors (Lipinski definition) is 6. The molecule has 0 aromatic heterocycles. The van der Waals surface area contributed by atoms with Gasteiger partial charge in [0.2, 0.25) is 0 Å². The first-order valence-corrected chi connectivity index (χ1v) is 11.4. The minimum Gasteiger partial charge on any atom is -0.493 e. The molecule has 0 aliphatic carbocycles. The number of amidine groups is 1. The third kappa shape index (κ3) is 4.29. The molecule has 1 saturated heterocycles. The van der Waals surface area contributed by atoms with Crippen LogP contribution in [0.15, 0.2) is 77.8 Å². The molecule has 3 aromatic rings. The average Bonchev–Trinajstić information content (AvgIpc) is 3.04. The van der Waals surface area contributed by atoms with Crippen LogP contribution in [0, 0.1) is 0 Å². The van der Waals surface area contributed by atoms with E-state index < -0.39 is 0 Å². The summed E-state index contributed by atoms with van der Waals surface area (Å²) in [6, 6.07) is 23.2. The van der Waals surface area contributed by atoms with Gasteiger partial charge in [0.25, 0.3) is 0 Å². The van der Waals surface area contributed by atoms with Crippen molar-refractivity contribution < 1.29 is 19.0 Å². The van der Waals surface area contributed by atoms with Crippen LogP contribution in [0.3, 0.4) is 0 Å². The predicted molar refractivity (Wildman–Crippen MR) is 130 cm³/mol.